The number of hydrogen-bond acceptors (Lipinski definition) is 5. The van der Waals surface area contributed by atoms with E-state index in [-0.39, 0.29) is 18.0 Å². The molecule has 4 heterocycles. The van der Waals surface area contributed by atoms with Gasteiger partial charge in [0.1, 0.15) is 17.3 Å². The van der Waals surface area contributed by atoms with Gasteiger partial charge in [0, 0.05) is 0 Å². The molecule has 2 saturated heterocycles. The van der Waals surface area contributed by atoms with Crippen molar-refractivity contribution in [1.29, 1.82) is 0 Å². The summed E-state index contributed by atoms with van der Waals surface area (Å²) >= 11 is 0. The Morgan fingerprint density at radius 1 is 1.52 bits per heavy atom. The highest BCUT2D eigenvalue weighted by atomic mass is 16.6. The summed E-state index contributed by atoms with van der Waals surface area (Å²) < 4.78 is 16.6. The summed E-state index contributed by atoms with van der Waals surface area (Å²) in [6, 6.07) is 3.63. The molecule has 1 aromatic heterocycles. The van der Waals surface area contributed by atoms with Crippen LogP contribution in [0.3, 0.4) is 0 Å². The number of amides is 1. The van der Waals surface area contributed by atoms with Crippen molar-refractivity contribution in [2.75, 3.05) is 13.2 Å². The Bertz CT molecular complexity index is 652. The maximum absolute atomic E-state index is 12.8. The topological polar surface area (TPSA) is 69.0 Å². The smallest absolute Gasteiger partial charge is 0.312 e. The number of rotatable bonds is 5. The molecule has 2 fully saturated rings. The molecule has 0 aliphatic carbocycles. The minimum Gasteiger partial charge on any atom is -0.467 e. The zero-order valence-electron chi connectivity index (χ0n) is 12.9. The molecule has 0 unspecified atom stereocenters. The van der Waals surface area contributed by atoms with Gasteiger partial charge in [-0.05, 0) is 18.6 Å². The van der Waals surface area contributed by atoms with Crippen molar-refractivity contribution in [1.82, 2.24) is 4.90 Å². The van der Waals surface area contributed by atoms with Crippen LogP contribution in [0.1, 0.15) is 19.1 Å². The van der Waals surface area contributed by atoms with E-state index in [1.807, 2.05) is 25.1 Å². The number of carbonyl (C=O) groups is 2. The molecule has 0 saturated carbocycles. The summed E-state index contributed by atoms with van der Waals surface area (Å²) in [5.74, 6) is -0.705. The molecular formula is C17H19NO5. The van der Waals surface area contributed by atoms with Crippen molar-refractivity contribution in [2.45, 2.75) is 31.6 Å². The Morgan fingerprint density at radius 2 is 2.39 bits per heavy atom. The van der Waals surface area contributed by atoms with Crippen LogP contribution >= 0.6 is 0 Å². The number of nitrogens with zero attached hydrogens (tertiary/aromatic N) is 1. The molecule has 0 N–H and O–H groups in total. The first-order valence-electron chi connectivity index (χ1n) is 7.99. The van der Waals surface area contributed by atoms with Crippen LogP contribution in [0.2, 0.25) is 0 Å². The van der Waals surface area contributed by atoms with Crippen molar-refractivity contribution < 1.29 is 23.5 Å². The standard InChI is InChI=1S/C17H19NO5/c1-2-7-22-16(20)13-12-5-6-17(23-12)10-18(15(19)14(13)17)9-11-4-3-8-21-11/h3-6,8,12-14H,2,7,9-10H2,1H3/t12-,13+,14+,17+/m1/s1. The molecular weight excluding hydrogens is 298 g/mol. The number of ether oxygens (including phenoxy) is 2. The second-order valence-electron chi connectivity index (χ2n) is 6.34. The molecule has 3 aliphatic rings. The fraction of sp³-hybridized carbons (Fsp3) is 0.529. The fourth-order valence-corrected chi connectivity index (χ4v) is 3.87. The number of carbonyl (C=O) groups excluding carboxylic acids is 2. The van der Waals surface area contributed by atoms with Crippen LogP contribution in [0.15, 0.2) is 35.0 Å². The summed E-state index contributed by atoms with van der Waals surface area (Å²) in [7, 11) is 0. The summed E-state index contributed by atoms with van der Waals surface area (Å²) in [5, 5.41) is 0. The van der Waals surface area contributed by atoms with Crippen molar-refractivity contribution in [3.8, 4) is 0 Å². The maximum Gasteiger partial charge on any atom is 0.312 e. The summed E-state index contributed by atoms with van der Waals surface area (Å²) in [5.41, 5.74) is -0.690. The van der Waals surface area contributed by atoms with Gasteiger partial charge in [0.2, 0.25) is 5.91 Å². The molecule has 122 valence electrons. The first kappa shape index (κ1) is 14.5. The highest BCUT2D eigenvalue weighted by Crippen LogP contribution is 2.52. The van der Waals surface area contributed by atoms with Crippen molar-refractivity contribution in [3.63, 3.8) is 0 Å². The molecule has 6 nitrogen and oxygen atoms in total. The van der Waals surface area contributed by atoms with Crippen molar-refractivity contribution in [2.24, 2.45) is 11.8 Å². The van der Waals surface area contributed by atoms with E-state index in [4.69, 9.17) is 13.9 Å². The zero-order valence-corrected chi connectivity index (χ0v) is 12.9. The minimum absolute atomic E-state index is 0.0632. The molecule has 23 heavy (non-hydrogen) atoms. The quantitative estimate of drug-likeness (QED) is 0.608. The van der Waals surface area contributed by atoms with Crippen LogP contribution in [0.4, 0.5) is 0 Å². The molecule has 0 radical (unpaired) electrons. The van der Waals surface area contributed by atoms with Gasteiger partial charge in [-0.3, -0.25) is 9.59 Å². The van der Waals surface area contributed by atoms with Crippen molar-refractivity contribution >= 4 is 11.9 Å². The van der Waals surface area contributed by atoms with E-state index in [1.165, 1.54) is 0 Å². The van der Waals surface area contributed by atoms with Gasteiger partial charge in [0.05, 0.1) is 38.0 Å². The highest BCUT2D eigenvalue weighted by Gasteiger charge is 2.67. The van der Waals surface area contributed by atoms with Crippen LogP contribution in [0.25, 0.3) is 0 Å². The number of esters is 1. The van der Waals surface area contributed by atoms with Crippen LogP contribution in [-0.2, 0) is 25.6 Å². The number of hydrogen-bond donors (Lipinski definition) is 0. The van der Waals surface area contributed by atoms with Gasteiger partial charge in [0.25, 0.3) is 0 Å². The van der Waals surface area contributed by atoms with Crippen LogP contribution < -0.4 is 0 Å². The number of fused-ring (bicyclic) bond motifs is 1. The molecule has 1 aromatic rings. The first-order valence-corrected chi connectivity index (χ1v) is 7.99. The van der Waals surface area contributed by atoms with E-state index < -0.39 is 17.4 Å². The lowest BCUT2D eigenvalue weighted by atomic mass is 9.77. The normalized spacial score (nSPS) is 34.2. The van der Waals surface area contributed by atoms with Crippen LogP contribution in [-0.4, -0.2) is 41.6 Å². The van der Waals surface area contributed by atoms with Crippen LogP contribution in [0, 0.1) is 11.8 Å². The van der Waals surface area contributed by atoms with E-state index in [1.54, 1.807) is 17.2 Å². The first-order chi connectivity index (χ1) is 11.1. The third-order valence-corrected chi connectivity index (χ3v) is 4.83. The second kappa shape index (κ2) is 5.23. The predicted molar refractivity (Wildman–Crippen MR) is 79.1 cm³/mol. The Balaban J connectivity index is 1.57. The summed E-state index contributed by atoms with van der Waals surface area (Å²) in [6.07, 6.45) is 5.82. The molecule has 3 aliphatic heterocycles. The lowest BCUT2D eigenvalue weighted by Gasteiger charge is -2.22. The molecule has 4 rings (SSSR count). The fourth-order valence-electron chi connectivity index (χ4n) is 3.87. The summed E-state index contributed by atoms with van der Waals surface area (Å²) in [4.78, 5) is 26.9. The number of likely N-dealkylation sites (tertiary alicyclic amines) is 1. The van der Waals surface area contributed by atoms with E-state index >= 15 is 0 Å². The van der Waals surface area contributed by atoms with Gasteiger partial charge < -0.3 is 18.8 Å². The third kappa shape index (κ3) is 2.12. The third-order valence-electron chi connectivity index (χ3n) is 4.83. The Kier molecular flexibility index (Phi) is 3.30. The zero-order chi connectivity index (χ0) is 16.0. The molecule has 1 amide bonds. The molecule has 1 spiro atoms. The summed E-state index contributed by atoms with van der Waals surface area (Å²) in [6.45, 7) is 3.15. The SMILES string of the molecule is CCCOC(=O)[C@@H]1[C@H]2C(=O)N(Cc3ccco3)C[C@@]23C=C[C@H]1O3. The molecule has 4 atom stereocenters. The van der Waals surface area contributed by atoms with Gasteiger partial charge in [-0.15, -0.1) is 0 Å². The Morgan fingerprint density at radius 3 is 3.13 bits per heavy atom. The number of furan rings is 1. The predicted octanol–water partition coefficient (Wildman–Crippen LogP) is 1.51. The molecule has 2 bridgehead atoms. The van der Waals surface area contributed by atoms with Crippen molar-refractivity contribution in [3.05, 3.63) is 36.3 Å². The van der Waals surface area contributed by atoms with E-state index in [2.05, 4.69) is 0 Å². The average Bonchev–Trinajstić information content (AvgIpc) is 3.28. The van der Waals surface area contributed by atoms with Gasteiger partial charge >= 0.3 is 5.97 Å². The Hall–Kier alpha value is -2.08. The Labute approximate surface area is 134 Å². The van der Waals surface area contributed by atoms with E-state index in [0.29, 0.717) is 19.7 Å². The van der Waals surface area contributed by atoms with Crippen LogP contribution in [0.5, 0.6) is 0 Å². The highest BCUT2D eigenvalue weighted by molar-refractivity contribution is 5.91. The molecule has 0 aromatic carbocycles. The van der Waals surface area contributed by atoms with Gasteiger partial charge in [-0.1, -0.05) is 19.1 Å². The minimum atomic E-state index is -0.690. The van der Waals surface area contributed by atoms with E-state index in [0.717, 1.165) is 12.2 Å². The maximum atomic E-state index is 12.8. The average molecular weight is 317 g/mol. The molecule has 6 heteroatoms. The van der Waals surface area contributed by atoms with Gasteiger partial charge in [0.15, 0.2) is 0 Å². The van der Waals surface area contributed by atoms with Gasteiger partial charge in [-0.2, -0.15) is 0 Å². The largest absolute Gasteiger partial charge is 0.467 e. The van der Waals surface area contributed by atoms with Gasteiger partial charge in [-0.25, -0.2) is 0 Å². The second-order valence-corrected chi connectivity index (χ2v) is 6.34. The lowest BCUT2D eigenvalue weighted by Crippen LogP contribution is -2.40. The monoisotopic (exact) mass is 317 g/mol. The van der Waals surface area contributed by atoms with E-state index in [9.17, 15) is 9.59 Å². The lowest BCUT2D eigenvalue weighted by molar-refractivity contribution is -0.153.